The lowest BCUT2D eigenvalue weighted by Crippen LogP contribution is -2.24. The van der Waals surface area contributed by atoms with Crippen molar-refractivity contribution in [2.45, 2.75) is 26.4 Å². The van der Waals surface area contributed by atoms with E-state index in [4.69, 9.17) is 0 Å². The van der Waals surface area contributed by atoms with E-state index in [0.29, 0.717) is 19.5 Å². The van der Waals surface area contributed by atoms with Crippen LogP contribution in [0.2, 0.25) is 0 Å². The van der Waals surface area contributed by atoms with Crippen LogP contribution in [0.25, 0.3) is 11.0 Å². The zero-order chi connectivity index (χ0) is 14.0. The van der Waals surface area contributed by atoms with Crippen molar-refractivity contribution >= 4 is 20.9 Å². The monoisotopic (exact) mass is 282 g/mol. The second-order valence-electron chi connectivity index (χ2n) is 4.65. The maximum absolute atomic E-state index is 12.3. The Balaban J connectivity index is 2.38. The van der Waals surface area contributed by atoms with Crippen molar-refractivity contribution in [2.75, 3.05) is 12.0 Å². The fraction of sp³-hybridized carbons (Fsp3) is 0.462. The van der Waals surface area contributed by atoms with Crippen molar-refractivity contribution < 1.29 is 8.42 Å². The number of fused-ring (bicyclic) bond motifs is 1. The molecule has 0 aliphatic carbocycles. The predicted molar refractivity (Wildman–Crippen MR) is 76.2 cm³/mol. The highest BCUT2D eigenvalue weighted by atomic mass is 32.2. The van der Waals surface area contributed by atoms with Crippen molar-refractivity contribution in [3.63, 3.8) is 0 Å². The van der Waals surface area contributed by atoms with Crippen LogP contribution in [0, 0.1) is 0 Å². The smallest absolute Gasteiger partial charge is 0.292 e. The lowest BCUT2D eigenvalue weighted by molar-refractivity contribution is 0.587. The summed E-state index contributed by atoms with van der Waals surface area (Å²) in [5, 5.41) is 0. The van der Waals surface area contributed by atoms with Crippen molar-refractivity contribution in [1.29, 1.82) is 0 Å². The molecule has 0 fully saturated rings. The molecule has 0 spiro atoms. The number of benzene rings is 1. The van der Waals surface area contributed by atoms with Gasteiger partial charge in [-0.2, -0.15) is 0 Å². The standard InChI is InChI=1S/C13H18N2O3S/c1-3-14-11-7-4-5-8-12(11)15(13(14)16)9-6-10-19(2,17)18/h4-5,7-8H,3,6,9-10H2,1-2H3. The minimum atomic E-state index is -2.98. The van der Waals surface area contributed by atoms with Gasteiger partial charge in [0.05, 0.1) is 16.8 Å². The number of imidazole rings is 1. The Morgan fingerprint density at radius 2 is 1.68 bits per heavy atom. The van der Waals surface area contributed by atoms with Gasteiger partial charge in [0, 0.05) is 19.3 Å². The largest absolute Gasteiger partial charge is 0.329 e. The number of aryl methyl sites for hydroxylation is 2. The third kappa shape index (κ3) is 2.89. The second-order valence-corrected chi connectivity index (χ2v) is 6.91. The van der Waals surface area contributed by atoms with E-state index < -0.39 is 9.84 Å². The number of sulfone groups is 1. The van der Waals surface area contributed by atoms with Crippen molar-refractivity contribution in [2.24, 2.45) is 0 Å². The van der Waals surface area contributed by atoms with Crippen molar-refractivity contribution in [3.05, 3.63) is 34.7 Å². The highest BCUT2D eigenvalue weighted by Gasteiger charge is 2.11. The van der Waals surface area contributed by atoms with Crippen molar-refractivity contribution in [1.82, 2.24) is 9.13 Å². The number of hydrogen-bond acceptors (Lipinski definition) is 3. The third-order valence-corrected chi connectivity index (χ3v) is 4.17. The quantitative estimate of drug-likeness (QED) is 0.829. The van der Waals surface area contributed by atoms with Crippen LogP contribution in [0.4, 0.5) is 0 Å². The molecule has 0 radical (unpaired) electrons. The molecule has 1 aromatic carbocycles. The Hall–Kier alpha value is -1.56. The van der Waals surface area contributed by atoms with Crippen LogP contribution < -0.4 is 5.69 Å². The van der Waals surface area contributed by atoms with Crippen LogP contribution in [0.3, 0.4) is 0 Å². The summed E-state index contributed by atoms with van der Waals surface area (Å²) in [6.07, 6.45) is 1.67. The normalized spacial score (nSPS) is 12.1. The molecule has 0 unspecified atom stereocenters. The first kappa shape index (κ1) is 13.9. The topological polar surface area (TPSA) is 61.1 Å². The number of aromatic nitrogens is 2. The van der Waals surface area contributed by atoms with Gasteiger partial charge >= 0.3 is 5.69 Å². The summed E-state index contributed by atoms with van der Waals surface area (Å²) in [7, 11) is -2.98. The minimum absolute atomic E-state index is 0.0720. The molecule has 2 aromatic rings. The van der Waals surface area contributed by atoms with Gasteiger partial charge in [-0.1, -0.05) is 12.1 Å². The fourth-order valence-electron chi connectivity index (χ4n) is 2.28. The average molecular weight is 282 g/mol. The number of nitrogens with zero attached hydrogens (tertiary/aromatic N) is 2. The second kappa shape index (κ2) is 5.21. The zero-order valence-corrected chi connectivity index (χ0v) is 12.0. The number of hydrogen-bond donors (Lipinski definition) is 0. The number of para-hydroxylation sites is 2. The SMILES string of the molecule is CCn1c(=O)n(CCCS(C)(=O)=O)c2ccccc21. The summed E-state index contributed by atoms with van der Waals surface area (Å²) in [5.41, 5.74) is 1.69. The minimum Gasteiger partial charge on any atom is -0.292 e. The molecule has 0 amide bonds. The molecule has 6 heteroatoms. The van der Waals surface area contributed by atoms with E-state index in [2.05, 4.69) is 0 Å². The number of rotatable bonds is 5. The summed E-state index contributed by atoms with van der Waals surface area (Å²) in [6.45, 7) is 2.96. The van der Waals surface area contributed by atoms with Gasteiger partial charge in [0.15, 0.2) is 0 Å². The Morgan fingerprint density at radius 3 is 2.21 bits per heavy atom. The van der Waals surface area contributed by atoms with E-state index >= 15 is 0 Å². The molecule has 104 valence electrons. The third-order valence-electron chi connectivity index (χ3n) is 3.14. The maximum atomic E-state index is 12.3. The lowest BCUT2D eigenvalue weighted by Gasteiger charge is -2.02. The molecule has 0 aliphatic heterocycles. The average Bonchev–Trinajstić information content (AvgIpc) is 2.61. The summed E-state index contributed by atoms with van der Waals surface area (Å²) in [5.74, 6) is 0.102. The van der Waals surface area contributed by atoms with E-state index in [1.54, 1.807) is 9.13 Å². The Bertz CT molecular complexity index is 741. The van der Waals surface area contributed by atoms with Gasteiger partial charge < -0.3 is 0 Å². The molecule has 0 saturated carbocycles. The van der Waals surface area contributed by atoms with Crippen molar-refractivity contribution in [3.8, 4) is 0 Å². The first-order chi connectivity index (χ1) is 8.94. The summed E-state index contributed by atoms with van der Waals surface area (Å²) in [4.78, 5) is 12.3. The van der Waals surface area contributed by atoms with Crippen LogP contribution in [-0.2, 0) is 22.9 Å². The van der Waals surface area contributed by atoms with Crippen LogP contribution in [0.15, 0.2) is 29.1 Å². The lowest BCUT2D eigenvalue weighted by atomic mass is 10.3. The van der Waals surface area contributed by atoms with Gasteiger partial charge in [-0.15, -0.1) is 0 Å². The van der Waals surface area contributed by atoms with Gasteiger partial charge in [-0.25, -0.2) is 13.2 Å². The molecule has 2 rings (SSSR count). The highest BCUT2D eigenvalue weighted by molar-refractivity contribution is 7.90. The molecule has 5 nitrogen and oxygen atoms in total. The molecule has 1 heterocycles. The van der Waals surface area contributed by atoms with Gasteiger partial charge in [-0.3, -0.25) is 9.13 Å². The molecule has 1 aromatic heterocycles. The molecule has 0 saturated heterocycles. The fourth-order valence-corrected chi connectivity index (χ4v) is 2.93. The Labute approximate surface area is 112 Å². The van der Waals surface area contributed by atoms with Gasteiger partial charge in [0.1, 0.15) is 9.84 Å². The Kier molecular flexibility index (Phi) is 3.80. The maximum Gasteiger partial charge on any atom is 0.329 e. The molecule has 19 heavy (non-hydrogen) atoms. The van der Waals surface area contributed by atoms with Crippen LogP contribution in [0.1, 0.15) is 13.3 Å². The van der Waals surface area contributed by atoms with Crippen LogP contribution >= 0.6 is 0 Å². The van der Waals surface area contributed by atoms with Crippen LogP contribution in [-0.4, -0.2) is 29.6 Å². The van der Waals surface area contributed by atoms with E-state index in [-0.39, 0.29) is 11.4 Å². The molecule has 0 N–H and O–H groups in total. The first-order valence-electron chi connectivity index (χ1n) is 6.30. The van der Waals surface area contributed by atoms with E-state index in [1.165, 1.54) is 6.26 Å². The summed E-state index contributed by atoms with van der Waals surface area (Å²) < 4.78 is 25.6. The summed E-state index contributed by atoms with van der Waals surface area (Å²) >= 11 is 0. The van der Waals surface area contributed by atoms with Crippen LogP contribution in [0.5, 0.6) is 0 Å². The molecule has 0 bridgehead atoms. The predicted octanol–water partition coefficient (Wildman–Crippen LogP) is 1.26. The summed E-state index contributed by atoms with van der Waals surface area (Å²) in [6, 6.07) is 7.58. The molecular formula is C13H18N2O3S. The van der Waals surface area contributed by atoms with E-state index in [1.807, 2.05) is 31.2 Å². The molecular weight excluding hydrogens is 264 g/mol. The first-order valence-corrected chi connectivity index (χ1v) is 8.36. The zero-order valence-electron chi connectivity index (χ0n) is 11.2. The van der Waals surface area contributed by atoms with E-state index in [0.717, 1.165) is 11.0 Å². The van der Waals surface area contributed by atoms with E-state index in [9.17, 15) is 13.2 Å². The van der Waals surface area contributed by atoms with Gasteiger partial charge in [0.25, 0.3) is 0 Å². The van der Waals surface area contributed by atoms with Gasteiger partial charge in [0.2, 0.25) is 0 Å². The highest BCUT2D eigenvalue weighted by Crippen LogP contribution is 2.13. The molecule has 0 aliphatic rings. The van der Waals surface area contributed by atoms with Gasteiger partial charge in [-0.05, 0) is 25.5 Å². The molecule has 0 atom stereocenters. The Morgan fingerprint density at radius 1 is 1.11 bits per heavy atom.